The summed E-state index contributed by atoms with van der Waals surface area (Å²) in [5.41, 5.74) is -0.0550. The van der Waals surface area contributed by atoms with Gasteiger partial charge in [-0.2, -0.15) is 0 Å². The standard InChI is InChI=1S/C14H23NO4S/c1-5-14(3,4)15-20(17,18)12-7-8-13(19-6-2)11(9-12)10-16/h7-9,15-16H,5-6,10H2,1-4H3. The molecule has 0 saturated heterocycles. The van der Waals surface area contributed by atoms with Crippen LogP contribution in [0.25, 0.3) is 0 Å². The summed E-state index contributed by atoms with van der Waals surface area (Å²) in [5.74, 6) is 0.503. The van der Waals surface area contributed by atoms with E-state index in [1.165, 1.54) is 12.1 Å². The molecule has 2 N–H and O–H groups in total. The highest BCUT2D eigenvalue weighted by molar-refractivity contribution is 7.89. The van der Waals surface area contributed by atoms with Gasteiger partial charge in [0.25, 0.3) is 0 Å². The molecule has 0 radical (unpaired) electrons. The van der Waals surface area contributed by atoms with Crippen molar-refractivity contribution in [2.45, 2.75) is 51.2 Å². The molecular formula is C14H23NO4S. The van der Waals surface area contributed by atoms with Crippen molar-refractivity contribution in [3.05, 3.63) is 23.8 Å². The predicted octanol–water partition coefficient (Wildman–Crippen LogP) is 2.04. The largest absolute Gasteiger partial charge is 0.494 e. The summed E-state index contributed by atoms with van der Waals surface area (Å²) in [6, 6.07) is 4.50. The zero-order valence-electron chi connectivity index (χ0n) is 12.4. The monoisotopic (exact) mass is 301 g/mol. The molecule has 0 amide bonds. The summed E-state index contributed by atoms with van der Waals surface area (Å²) in [6.45, 7) is 7.59. The first-order chi connectivity index (χ1) is 9.25. The SMILES string of the molecule is CCOc1ccc(S(=O)(=O)NC(C)(C)CC)cc1CO. The average Bonchev–Trinajstić information content (AvgIpc) is 2.38. The first kappa shape index (κ1) is 16.9. The Hall–Kier alpha value is -1.11. The normalized spacial score (nSPS) is 12.4. The Bertz CT molecular complexity index is 552. The molecule has 0 heterocycles. The van der Waals surface area contributed by atoms with E-state index >= 15 is 0 Å². The van der Waals surface area contributed by atoms with Crippen LogP contribution in [0.5, 0.6) is 5.75 Å². The van der Waals surface area contributed by atoms with Crippen molar-refractivity contribution in [1.82, 2.24) is 4.72 Å². The van der Waals surface area contributed by atoms with E-state index in [4.69, 9.17) is 4.74 Å². The molecule has 114 valence electrons. The Kier molecular flexibility index (Phi) is 5.56. The number of rotatable bonds is 7. The molecule has 0 unspecified atom stereocenters. The lowest BCUT2D eigenvalue weighted by atomic mass is 10.0. The Morgan fingerprint density at radius 1 is 1.30 bits per heavy atom. The van der Waals surface area contributed by atoms with E-state index in [0.29, 0.717) is 24.3 Å². The van der Waals surface area contributed by atoms with E-state index in [2.05, 4.69) is 4.72 Å². The zero-order chi connectivity index (χ0) is 15.4. The third-order valence-electron chi connectivity index (χ3n) is 3.11. The lowest BCUT2D eigenvalue weighted by Crippen LogP contribution is -2.42. The molecule has 1 aromatic carbocycles. The molecule has 0 aliphatic heterocycles. The van der Waals surface area contributed by atoms with Gasteiger partial charge in [0.1, 0.15) is 5.75 Å². The molecule has 1 rings (SSSR count). The Morgan fingerprint density at radius 3 is 2.45 bits per heavy atom. The van der Waals surface area contributed by atoms with E-state index in [0.717, 1.165) is 0 Å². The topological polar surface area (TPSA) is 75.6 Å². The van der Waals surface area contributed by atoms with Crippen LogP contribution in [0.3, 0.4) is 0 Å². The van der Waals surface area contributed by atoms with Crippen molar-refractivity contribution in [2.24, 2.45) is 0 Å². The fourth-order valence-corrected chi connectivity index (χ4v) is 3.17. The van der Waals surface area contributed by atoms with Crippen LogP contribution >= 0.6 is 0 Å². The number of aliphatic hydroxyl groups is 1. The van der Waals surface area contributed by atoms with Crippen LogP contribution in [0.4, 0.5) is 0 Å². The van der Waals surface area contributed by atoms with E-state index in [-0.39, 0.29) is 11.5 Å². The molecule has 0 aliphatic carbocycles. The summed E-state index contributed by atoms with van der Waals surface area (Å²) < 4.78 is 32.6. The second kappa shape index (κ2) is 6.56. The van der Waals surface area contributed by atoms with Gasteiger partial charge in [-0.05, 0) is 45.4 Å². The van der Waals surface area contributed by atoms with Crippen molar-refractivity contribution in [1.29, 1.82) is 0 Å². The van der Waals surface area contributed by atoms with Gasteiger partial charge in [-0.1, -0.05) is 6.92 Å². The number of benzene rings is 1. The van der Waals surface area contributed by atoms with Crippen molar-refractivity contribution < 1.29 is 18.3 Å². The van der Waals surface area contributed by atoms with E-state index in [1.807, 2.05) is 27.7 Å². The minimum Gasteiger partial charge on any atom is -0.494 e. The fourth-order valence-electron chi connectivity index (χ4n) is 1.64. The molecule has 0 bridgehead atoms. The highest BCUT2D eigenvalue weighted by atomic mass is 32.2. The third-order valence-corrected chi connectivity index (χ3v) is 4.80. The molecule has 20 heavy (non-hydrogen) atoms. The molecule has 0 aliphatic rings. The van der Waals surface area contributed by atoms with E-state index in [1.54, 1.807) is 6.07 Å². The lowest BCUT2D eigenvalue weighted by molar-refractivity contribution is 0.266. The molecule has 6 heteroatoms. The molecule has 1 aromatic rings. The highest BCUT2D eigenvalue weighted by Gasteiger charge is 2.25. The third kappa shape index (κ3) is 4.19. The Balaban J connectivity index is 3.13. The molecule has 0 fully saturated rings. The van der Waals surface area contributed by atoms with Crippen molar-refractivity contribution >= 4 is 10.0 Å². The summed E-state index contributed by atoms with van der Waals surface area (Å²) in [6.07, 6.45) is 0.677. The first-order valence-corrected chi connectivity index (χ1v) is 8.14. The first-order valence-electron chi connectivity index (χ1n) is 6.66. The van der Waals surface area contributed by atoms with E-state index in [9.17, 15) is 13.5 Å². The molecule has 0 saturated carbocycles. The molecule has 0 spiro atoms. The number of nitrogens with one attached hydrogen (secondary N) is 1. The summed E-state index contributed by atoms with van der Waals surface area (Å²) in [5, 5.41) is 9.32. The van der Waals surface area contributed by atoms with E-state index < -0.39 is 15.6 Å². The Morgan fingerprint density at radius 2 is 1.95 bits per heavy atom. The van der Waals surface area contributed by atoms with Crippen LogP contribution < -0.4 is 9.46 Å². The highest BCUT2D eigenvalue weighted by Crippen LogP contribution is 2.24. The maximum absolute atomic E-state index is 12.3. The smallest absolute Gasteiger partial charge is 0.241 e. The maximum Gasteiger partial charge on any atom is 0.241 e. The zero-order valence-corrected chi connectivity index (χ0v) is 13.3. The number of ether oxygens (including phenoxy) is 1. The average molecular weight is 301 g/mol. The van der Waals surface area contributed by atoms with Crippen molar-refractivity contribution in [3.63, 3.8) is 0 Å². The minimum absolute atomic E-state index is 0.131. The van der Waals surface area contributed by atoms with Crippen LogP contribution in [0.2, 0.25) is 0 Å². The number of sulfonamides is 1. The molecule has 0 atom stereocenters. The fraction of sp³-hybridized carbons (Fsp3) is 0.571. The Labute approximate surface area is 121 Å². The maximum atomic E-state index is 12.3. The summed E-state index contributed by atoms with van der Waals surface area (Å²) in [7, 11) is -3.61. The summed E-state index contributed by atoms with van der Waals surface area (Å²) in [4.78, 5) is 0.131. The van der Waals surface area contributed by atoms with Gasteiger partial charge in [0, 0.05) is 11.1 Å². The molecule has 0 aromatic heterocycles. The molecular weight excluding hydrogens is 278 g/mol. The van der Waals surface area contributed by atoms with Gasteiger partial charge in [-0.15, -0.1) is 0 Å². The van der Waals surface area contributed by atoms with Gasteiger partial charge in [0.05, 0.1) is 18.1 Å². The van der Waals surface area contributed by atoms with Gasteiger partial charge in [-0.3, -0.25) is 0 Å². The van der Waals surface area contributed by atoms with Crippen LogP contribution in [0.1, 0.15) is 39.7 Å². The second-order valence-electron chi connectivity index (χ2n) is 5.20. The second-order valence-corrected chi connectivity index (χ2v) is 6.89. The van der Waals surface area contributed by atoms with Crippen LogP contribution in [0, 0.1) is 0 Å². The van der Waals surface area contributed by atoms with Crippen LogP contribution in [0.15, 0.2) is 23.1 Å². The van der Waals surface area contributed by atoms with Crippen LogP contribution in [-0.2, 0) is 16.6 Å². The number of hydrogen-bond donors (Lipinski definition) is 2. The van der Waals surface area contributed by atoms with Gasteiger partial charge in [0.15, 0.2) is 0 Å². The van der Waals surface area contributed by atoms with Gasteiger partial charge in [-0.25, -0.2) is 13.1 Å². The van der Waals surface area contributed by atoms with Crippen LogP contribution in [-0.4, -0.2) is 25.7 Å². The van der Waals surface area contributed by atoms with Crippen molar-refractivity contribution in [2.75, 3.05) is 6.61 Å². The quantitative estimate of drug-likeness (QED) is 0.808. The summed E-state index contributed by atoms with van der Waals surface area (Å²) >= 11 is 0. The van der Waals surface area contributed by atoms with Gasteiger partial charge >= 0.3 is 0 Å². The van der Waals surface area contributed by atoms with Gasteiger partial charge in [0.2, 0.25) is 10.0 Å². The number of aliphatic hydroxyl groups excluding tert-OH is 1. The minimum atomic E-state index is -3.61. The predicted molar refractivity (Wildman–Crippen MR) is 78.2 cm³/mol. The van der Waals surface area contributed by atoms with Gasteiger partial charge < -0.3 is 9.84 Å². The van der Waals surface area contributed by atoms with Crippen molar-refractivity contribution in [3.8, 4) is 5.75 Å². The lowest BCUT2D eigenvalue weighted by Gasteiger charge is -2.24. The number of hydrogen-bond acceptors (Lipinski definition) is 4. The molecule has 5 nitrogen and oxygen atoms in total.